The van der Waals surface area contributed by atoms with Crippen LogP contribution in [0.25, 0.3) is 0 Å². The Morgan fingerprint density at radius 1 is 0.846 bits per heavy atom. The molecule has 2 aromatic rings. The lowest BCUT2D eigenvalue weighted by Crippen LogP contribution is -2.35. The quantitative estimate of drug-likeness (QED) is 0.788. The molecular formula is C21H27N3O2. The molecule has 0 aromatic heterocycles. The van der Waals surface area contributed by atoms with Crippen molar-refractivity contribution < 1.29 is 9.59 Å². The van der Waals surface area contributed by atoms with Gasteiger partial charge in [0, 0.05) is 36.6 Å². The van der Waals surface area contributed by atoms with Gasteiger partial charge in [-0.25, -0.2) is 0 Å². The van der Waals surface area contributed by atoms with Crippen LogP contribution in [0.3, 0.4) is 0 Å². The molecule has 5 heteroatoms. The third kappa shape index (κ3) is 4.85. The van der Waals surface area contributed by atoms with Gasteiger partial charge in [-0.3, -0.25) is 9.59 Å². The molecule has 0 aliphatic heterocycles. The van der Waals surface area contributed by atoms with Crippen LogP contribution in [0.1, 0.15) is 31.1 Å². The van der Waals surface area contributed by atoms with Gasteiger partial charge in [0.2, 0.25) is 5.91 Å². The van der Waals surface area contributed by atoms with E-state index in [1.54, 1.807) is 21.9 Å². The molecule has 0 saturated heterocycles. The summed E-state index contributed by atoms with van der Waals surface area (Å²) in [6.07, 6.45) is 0. The number of carbonyl (C=O) groups excluding carboxylic acids is 2. The standard InChI is InChI=1S/C21H27N3O2/c1-4-23(5-2)21(26)17-12-14-18(15-13-17)22-16-20(25)24(6-3)19-10-8-7-9-11-19/h7-15,22H,4-6,16H2,1-3H3. The number of hydrogen-bond donors (Lipinski definition) is 1. The maximum atomic E-state index is 12.5. The number of benzene rings is 2. The fourth-order valence-electron chi connectivity index (χ4n) is 2.81. The summed E-state index contributed by atoms with van der Waals surface area (Å²) in [5.41, 5.74) is 2.37. The van der Waals surface area contributed by atoms with Gasteiger partial charge in [0.25, 0.3) is 5.91 Å². The number of carbonyl (C=O) groups is 2. The first kappa shape index (κ1) is 19.5. The second kappa shape index (κ2) is 9.61. The van der Waals surface area contributed by atoms with Gasteiger partial charge in [0.05, 0.1) is 6.54 Å². The third-order valence-electron chi connectivity index (χ3n) is 4.31. The van der Waals surface area contributed by atoms with Crippen LogP contribution in [-0.2, 0) is 4.79 Å². The van der Waals surface area contributed by atoms with Crippen molar-refractivity contribution in [1.82, 2.24) is 4.90 Å². The van der Waals surface area contributed by atoms with Crippen molar-refractivity contribution in [1.29, 1.82) is 0 Å². The summed E-state index contributed by atoms with van der Waals surface area (Å²) in [4.78, 5) is 28.3. The lowest BCUT2D eigenvalue weighted by molar-refractivity contribution is -0.116. The molecule has 138 valence electrons. The number of rotatable bonds is 8. The summed E-state index contributed by atoms with van der Waals surface area (Å²) in [6, 6.07) is 16.9. The Morgan fingerprint density at radius 3 is 2.00 bits per heavy atom. The Kier molecular flexibility index (Phi) is 7.21. The molecule has 2 amide bonds. The first-order valence-corrected chi connectivity index (χ1v) is 9.09. The summed E-state index contributed by atoms with van der Waals surface area (Å²) < 4.78 is 0. The molecule has 0 bridgehead atoms. The van der Waals surface area contributed by atoms with Crippen LogP contribution in [0.5, 0.6) is 0 Å². The predicted octanol–water partition coefficient (Wildman–Crippen LogP) is 3.63. The normalized spacial score (nSPS) is 10.3. The van der Waals surface area contributed by atoms with E-state index in [1.807, 2.05) is 63.2 Å². The molecule has 0 radical (unpaired) electrons. The number of nitrogens with one attached hydrogen (secondary N) is 1. The second-order valence-electron chi connectivity index (χ2n) is 5.88. The van der Waals surface area contributed by atoms with E-state index in [9.17, 15) is 9.59 Å². The maximum Gasteiger partial charge on any atom is 0.253 e. The molecule has 0 heterocycles. The molecule has 0 fully saturated rings. The number of hydrogen-bond acceptors (Lipinski definition) is 3. The molecule has 0 spiro atoms. The molecule has 2 aromatic carbocycles. The SMILES string of the molecule is CCN(CC)C(=O)c1ccc(NCC(=O)N(CC)c2ccccc2)cc1. The lowest BCUT2D eigenvalue weighted by atomic mass is 10.1. The van der Waals surface area contributed by atoms with Crippen molar-refractivity contribution in [3.05, 3.63) is 60.2 Å². The highest BCUT2D eigenvalue weighted by Crippen LogP contribution is 2.15. The average Bonchev–Trinajstić information content (AvgIpc) is 2.69. The van der Waals surface area contributed by atoms with Gasteiger partial charge in [0.15, 0.2) is 0 Å². The van der Waals surface area contributed by atoms with E-state index in [2.05, 4.69) is 5.32 Å². The fraction of sp³-hybridized carbons (Fsp3) is 0.333. The van der Waals surface area contributed by atoms with Gasteiger partial charge >= 0.3 is 0 Å². The number of nitrogens with zero attached hydrogens (tertiary/aromatic N) is 2. The van der Waals surface area contributed by atoms with E-state index < -0.39 is 0 Å². The highest BCUT2D eigenvalue weighted by atomic mass is 16.2. The molecule has 0 atom stereocenters. The van der Waals surface area contributed by atoms with E-state index in [1.165, 1.54) is 0 Å². The van der Waals surface area contributed by atoms with Gasteiger partial charge in [-0.1, -0.05) is 18.2 Å². The molecule has 1 N–H and O–H groups in total. The fourth-order valence-corrected chi connectivity index (χ4v) is 2.81. The minimum absolute atomic E-state index is 0.00185. The van der Waals surface area contributed by atoms with Crippen molar-refractivity contribution in [2.75, 3.05) is 36.4 Å². The summed E-state index contributed by atoms with van der Waals surface area (Å²) >= 11 is 0. The Labute approximate surface area is 155 Å². The number of likely N-dealkylation sites (N-methyl/N-ethyl adjacent to an activating group) is 1. The zero-order valence-corrected chi connectivity index (χ0v) is 15.7. The molecule has 0 aliphatic carbocycles. The van der Waals surface area contributed by atoms with Crippen LogP contribution in [0, 0.1) is 0 Å². The number of anilines is 2. The van der Waals surface area contributed by atoms with E-state index in [-0.39, 0.29) is 18.4 Å². The van der Waals surface area contributed by atoms with Gasteiger partial charge < -0.3 is 15.1 Å². The highest BCUT2D eigenvalue weighted by Gasteiger charge is 2.14. The van der Waals surface area contributed by atoms with E-state index in [4.69, 9.17) is 0 Å². The van der Waals surface area contributed by atoms with Gasteiger partial charge in [-0.05, 0) is 57.2 Å². The molecule has 2 rings (SSSR count). The smallest absolute Gasteiger partial charge is 0.253 e. The van der Waals surface area contributed by atoms with Crippen molar-refractivity contribution in [3.8, 4) is 0 Å². The number of para-hydroxylation sites is 1. The molecule has 5 nitrogen and oxygen atoms in total. The van der Waals surface area contributed by atoms with Crippen LogP contribution in [0.4, 0.5) is 11.4 Å². The van der Waals surface area contributed by atoms with E-state index in [0.717, 1.165) is 11.4 Å². The predicted molar refractivity (Wildman–Crippen MR) is 107 cm³/mol. The van der Waals surface area contributed by atoms with Crippen LogP contribution in [0.2, 0.25) is 0 Å². The van der Waals surface area contributed by atoms with Crippen molar-refractivity contribution in [2.24, 2.45) is 0 Å². The van der Waals surface area contributed by atoms with Crippen molar-refractivity contribution in [2.45, 2.75) is 20.8 Å². The average molecular weight is 353 g/mol. The van der Waals surface area contributed by atoms with E-state index >= 15 is 0 Å². The summed E-state index contributed by atoms with van der Waals surface area (Å²) in [7, 11) is 0. The second-order valence-corrected chi connectivity index (χ2v) is 5.88. The molecule has 0 unspecified atom stereocenters. The minimum atomic E-state index is 0.00185. The van der Waals surface area contributed by atoms with Crippen molar-refractivity contribution in [3.63, 3.8) is 0 Å². The third-order valence-corrected chi connectivity index (χ3v) is 4.31. The van der Waals surface area contributed by atoms with Crippen molar-refractivity contribution >= 4 is 23.2 Å². The Hall–Kier alpha value is -2.82. The molecule has 0 aliphatic rings. The molecular weight excluding hydrogens is 326 g/mol. The lowest BCUT2D eigenvalue weighted by Gasteiger charge is -2.21. The van der Waals surface area contributed by atoms with Crippen LogP contribution < -0.4 is 10.2 Å². The maximum absolute atomic E-state index is 12.5. The topological polar surface area (TPSA) is 52.7 Å². The Bertz CT molecular complexity index is 710. The number of amides is 2. The highest BCUT2D eigenvalue weighted by molar-refractivity contribution is 5.96. The molecule has 26 heavy (non-hydrogen) atoms. The summed E-state index contributed by atoms with van der Waals surface area (Å²) in [5, 5.41) is 3.14. The largest absolute Gasteiger partial charge is 0.376 e. The monoisotopic (exact) mass is 353 g/mol. The first-order chi connectivity index (χ1) is 12.6. The van der Waals surface area contributed by atoms with Crippen LogP contribution in [-0.4, -0.2) is 42.9 Å². The van der Waals surface area contributed by atoms with Crippen LogP contribution in [0.15, 0.2) is 54.6 Å². The van der Waals surface area contributed by atoms with Crippen LogP contribution >= 0.6 is 0 Å². The van der Waals surface area contributed by atoms with Gasteiger partial charge in [-0.15, -0.1) is 0 Å². The van der Waals surface area contributed by atoms with E-state index in [0.29, 0.717) is 25.2 Å². The minimum Gasteiger partial charge on any atom is -0.376 e. The van der Waals surface area contributed by atoms with Gasteiger partial charge in [0.1, 0.15) is 0 Å². The molecule has 0 saturated carbocycles. The Morgan fingerprint density at radius 2 is 1.46 bits per heavy atom. The summed E-state index contributed by atoms with van der Waals surface area (Å²) in [5.74, 6) is 0.0286. The summed E-state index contributed by atoms with van der Waals surface area (Å²) in [6.45, 7) is 8.09. The zero-order valence-electron chi connectivity index (χ0n) is 15.7. The van der Waals surface area contributed by atoms with Gasteiger partial charge in [-0.2, -0.15) is 0 Å². The zero-order chi connectivity index (χ0) is 18.9. The Balaban J connectivity index is 1.97. The first-order valence-electron chi connectivity index (χ1n) is 9.09.